The number of aromatic nitrogens is 1. The summed E-state index contributed by atoms with van der Waals surface area (Å²) in [6, 6.07) is 8.27. The van der Waals surface area contributed by atoms with Crippen molar-refractivity contribution in [3.05, 3.63) is 53.1 Å². The smallest absolute Gasteiger partial charge is 0.253 e. The summed E-state index contributed by atoms with van der Waals surface area (Å²) < 4.78 is 15.0. The normalized spacial score (nSPS) is 12.5. The Balaban J connectivity index is 2.35. The van der Waals surface area contributed by atoms with E-state index in [-0.39, 0.29) is 17.8 Å². The van der Waals surface area contributed by atoms with Crippen LogP contribution in [-0.4, -0.2) is 16.5 Å². The quantitative estimate of drug-likeness (QED) is 0.910. The van der Waals surface area contributed by atoms with Crippen LogP contribution in [0.2, 0.25) is 0 Å². The molecule has 1 unspecified atom stereocenters. The third-order valence-corrected chi connectivity index (χ3v) is 4.12. The fourth-order valence-corrected chi connectivity index (χ4v) is 2.43. The average molecular weight is 302 g/mol. The number of benzene rings is 1. The number of nitrogens with one attached hydrogen (secondary N) is 1. The predicted molar refractivity (Wildman–Crippen MR) is 87.0 cm³/mol. The first-order valence-electron chi connectivity index (χ1n) is 7.57. The second-order valence-electron chi connectivity index (χ2n) is 6.10. The Morgan fingerprint density at radius 2 is 1.73 bits per heavy atom. The van der Waals surface area contributed by atoms with Gasteiger partial charge >= 0.3 is 0 Å². The molecule has 0 saturated heterocycles. The highest BCUT2D eigenvalue weighted by Crippen LogP contribution is 2.21. The molecule has 1 aromatic carbocycles. The van der Waals surface area contributed by atoms with Gasteiger partial charge in [-0.3, -0.25) is 4.79 Å². The number of amides is 1. The summed E-state index contributed by atoms with van der Waals surface area (Å²) in [4.78, 5) is 12.4. The van der Waals surface area contributed by atoms with Gasteiger partial charge < -0.3 is 9.88 Å². The summed E-state index contributed by atoms with van der Waals surface area (Å²) in [5.74, 6) is 0.0436. The molecule has 2 rings (SSSR count). The van der Waals surface area contributed by atoms with Gasteiger partial charge in [0.1, 0.15) is 5.82 Å². The van der Waals surface area contributed by atoms with Crippen molar-refractivity contribution in [1.82, 2.24) is 9.88 Å². The molecule has 0 spiro atoms. The number of hydrogen-bond donors (Lipinski definition) is 1. The zero-order chi connectivity index (χ0) is 16.4. The van der Waals surface area contributed by atoms with E-state index in [1.807, 2.05) is 31.4 Å². The van der Waals surface area contributed by atoms with Crippen LogP contribution in [0.25, 0.3) is 5.69 Å². The van der Waals surface area contributed by atoms with Gasteiger partial charge in [0, 0.05) is 23.1 Å². The summed E-state index contributed by atoms with van der Waals surface area (Å²) >= 11 is 0. The first kappa shape index (κ1) is 16.3. The van der Waals surface area contributed by atoms with E-state index in [0.717, 1.165) is 17.1 Å². The first-order valence-corrected chi connectivity index (χ1v) is 7.57. The van der Waals surface area contributed by atoms with Crippen LogP contribution in [-0.2, 0) is 0 Å². The second kappa shape index (κ2) is 6.34. The zero-order valence-corrected chi connectivity index (χ0v) is 13.8. The highest BCUT2D eigenvalue weighted by atomic mass is 19.1. The maximum Gasteiger partial charge on any atom is 0.253 e. The van der Waals surface area contributed by atoms with E-state index >= 15 is 0 Å². The fraction of sp³-hybridized carbons (Fsp3) is 0.389. The van der Waals surface area contributed by atoms with Gasteiger partial charge in [-0.05, 0) is 57.0 Å². The molecule has 0 bridgehead atoms. The summed E-state index contributed by atoms with van der Waals surface area (Å²) in [6.45, 7) is 10.0. The lowest BCUT2D eigenvalue weighted by atomic mass is 10.1. The zero-order valence-electron chi connectivity index (χ0n) is 13.8. The van der Waals surface area contributed by atoms with E-state index in [1.165, 1.54) is 12.1 Å². The van der Waals surface area contributed by atoms with Gasteiger partial charge in [0.05, 0.1) is 5.56 Å². The van der Waals surface area contributed by atoms with Crippen LogP contribution in [0.3, 0.4) is 0 Å². The minimum absolute atomic E-state index is 0.0670. The summed E-state index contributed by atoms with van der Waals surface area (Å²) in [6.07, 6.45) is 0. The van der Waals surface area contributed by atoms with Crippen LogP contribution in [0.1, 0.15) is 42.5 Å². The van der Waals surface area contributed by atoms with E-state index in [9.17, 15) is 9.18 Å². The Labute approximate surface area is 131 Å². The molecule has 0 aliphatic rings. The van der Waals surface area contributed by atoms with Crippen LogP contribution in [0, 0.1) is 25.6 Å². The molecule has 118 valence electrons. The number of halogens is 1. The van der Waals surface area contributed by atoms with Gasteiger partial charge in [0.25, 0.3) is 5.91 Å². The van der Waals surface area contributed by atoms with Crippen molar-refractivity contribution in [3.63, 3.8) is 0 Å². The monoisotopic (exact) mass is 302 g/mol. The SMILES string of the molecule is Cc1cc(C(=O)NC(C)C(C)C)c(C)n1-c1ccc(F)cc1. The van der Waals surface area contributed by atoms with Crippen LogP contribution in [0.15, 0.2) is 30.3 Å². The third-order valence-electron chi connectivity index (χ3n) is 4.12. The minimum atomic E-state index is -0.269. The number of carbonyl (C=O) groups is 1. The number of rotatable bonds is 4. The molecule has 1 heterocycles. The second-order valence-corrected chi connectivity index (χ2v) is 6.10. The molecule has 22 heavy (non-hydrogen) atoms. The van der Waals surface area contributed by atoms with Crippen molar-refractivity contribution in [2.45, 2.75) is 40.7 Å². The number of nitrogens with zero attached hydrogens (tertiary/aromatic N) is 1. The van der Waals surface area contributed by atoms with E-state index < -0.39 is 0 Å². The molecule has 0 aliphatic heterocycles. The lowest BCUT2D eigenvalue weighted by Gasteiger charge is -2.17. The molecule has 1 amide bonds. The average Bonchev–Trinajstić information content (AvgIpc) is 2.75. The van der Waals surface area contributed by atoms with Gasteiger partial charge in [-0.1, -0.05) is 13.8 Å². The first-order chi connectivity index (χ1) is 10.3. The molecular formula is C18H23FN2O. The fourth-order valence-electron chi connectivity index (χ4n) is 2.43. The van der Waals surface area contributed by atoms with E-state index in [1.54, 1.807) is 12.1 Å². The maximum atomic E-state index is 13.1. The molecule has 3 nitrogen and oxygen atoms in total. The summed E-state index contributed by atoms with van der Waals surface area (Å²) in [5, 5.41) is 3.03. The van der Waals surface area contributed by atoms with Gasteiger partial charge in [0.2, 0.25) is 0 Å². The van der Waals surface area contributed by atoms with E-state index in [2.05, 4.69) is 19.2 Å². The topological polar surface area (TPSA) is 34.0 Å². The predicted octanol–water partition coefficient (Wildman–Crippen LogP) is 4.01. The van der Waals surface area contributed by atoms with Gasteiger partial charge in [0.15, 0.2) is 0 Å². The Kier molecular flexibility index (Phi) is 4.69. The van der Waals surface area contributed by atoms with Crippen LogP contribution < -0.4 is 5.32 Å². The Morgan fingerprint density at radius 3 is 2.27 bits per heavy atom. The van der Waals surface area contributed by atoms with Crippen molar-refractivity contribution in [2.75, 3.05) is 0 Å². The molecule has 0 fully saturated rings. The highest BCUT2D eigenvalue weighted by Gasteiger charge is 2.19. The van der Waals surface area contributed by atoms with E-state index in [4.69, 9.17) is 0 Å². The molecule has 1 aromatic heterocycles. The van der Waals surface area contributed by atoms with Crippen LogP contribution in [0.5, 0.6) is 0 Å². The van der Waals surface area contributed by atoms with Crippen LogP contribution >= 0.6 is 0 Å². The Bertz CT molecular complexity index is 671. The standard InChI is InChI=1S/C18H23FN2O/c1-11(2)13(4)20-18(22)17-10-12(3)21(14(17)5)16-8-6-15(19)7-9-16/h6-11,13H,1-5H3,(H,20,22). The Hall–Kier alpha value is -2.10. The number of carbonyl (C=O) groups excluding carboxylic acids is 1. The molecule has 0 radical (unpaired) electrons. The molecule has 4 heteroatoms. The maximum absolute atomic E-state index is 13.1. The molecule has 1 N–H and O–H groups in total. The molecule has 1 atom stereocenters. The van der Waals surface area contributed by atoms with Crippen molar-refractivity contribution < 1.29 is 9.18 Å². The van der Waals surface area contributed by atoms with Crippen LogP contribution in [0.4, 0.5) is 4.39 Å². The molecule has 0 saturated carbocycles. The Morgan fingerprint density at radius 1 is 1.14 bits per heavy atom. The summed E-state index contributed by atoms with van der Waals surface area (Å²) in [7, 11) is 0. The lowest BCUT2D eigenvalue weighted by Crippen LogP contribution is -2.36. The van der Waals surface area contributed by atoms with E-state index in [0.29, 0.717) is 11.5 Å². The van der Waals surface area contributed by atoms with Crippen molar-refractivity contribution >= 4 is 5.91 Å². The molecule has 0 aliphatic carbocycles. The van der Waals surface area contributed by atoms with Gasteiger partial charge in [-0.15, -0.1) is 0 Å². The van der Waals surface area contributed by atoms with Gasteiger partial charge in [-0.2, -0.15) is 0 Å². The molecular weight excluding hydrogens is 279 g/mol. The number of hydrogen-bond acceptors (Lipinski definition) is 1. The lowest BCUT2D eigenvalue weighted by molar-refractivity contribution is 0.0930. The highest BCUT2D eigenvalue weighted by molar-refractivity contribution is 5.96. The number of aryl methyl sites for hydroxylation is 1. The molecule has 2 aromatic rings. The van der Waals surface area contributed by atoms with Gasteiger partial charge in [-0.25, -0.2) is 4.39 Å². The van der Waals surface area contributed by atoms with Crippen molar-refractivity contribution in [1.29, 1.82) is 0 Å². The largest absolute Gasteiger partial charge is 0.349 e. The van der Waals surface area contributed by atoms with Crippen molar-refractivity contribution in [2.24, 2.45) is 5.92 Å². The minimum Gasteiger partial charge on any atom is -0.349 e. The summed E-state index contributed by atoms with van der Waals surface area (Å²) in [5.41, 5.74) is 3.32. The third kappa shape index (κ3) is 3.21. The van der Waals surface area contributed by atoms with Crippen molar-refractivity contribution in [3.8, 4) is 5.69 Å².